The highest BCUT2D eigenvalue weighted by Crippen LogP contribution is 2.36. The van der Waals surface area contributed by atoms with Crippen molar-refractivity contribution in [2.45, 2.75) is 35.0 Å². The number of alkyl halides is 3. The predicted octanol–water partition coefficient (Wildman–Crippen LogP) is 3.63. The fraction of sp³-hybridized carbons (Fsp3) is 0.312. The summed E-state index contributed by atoms with van der Waals surface area (Å²) in [5.74, 6) is -0.456. The second-order valence-corrected chi connectivity index (χ2v) is 9.28. The van der Waals surface area contributed by atoms with Gasteiger partial charge in [0.05, 0.1) is 15.7 Å². The monoisotopic (exact) mass is 389 g/mol. The van der Waals surface area contributed by atoms with Crippen molar-refractivity contribution in [1.82, 2.24) is 5.32 Å². The minimum Gasteiger partial charge on any atom is -0.347 e. The van der Waals surface area contributed by atoms with E-state index in [1.54, 1.807) is 0 Å². The first-order chi connectivity index (χ1) is 11.7. The molecule has 1 saturated carbocycles. The molecule has 1 fully saturated rings. The molecule has 1 N–H and O–H groups in total. The summed E-state index contributed by atoms with van der Waals surface area (Å²) in [5.41, 5.74) is -0.237. The quantitative estimate of drug-likeness (QED) is 0.849. The van der Waals surface area contributed by atoms with Gasteiger partial charge in [0.25, 0.3) is 5.91 Å². The number of hydrogen-bond donors (Lipinski definition) is 1. The van der Waals surface area contributed by atoms with Crippen LogP contribution in [0.3, 0.4) is 0 Å². The Bertz CT molecular complexity index is 882. The van der Waals surface area contributed by atoms with Crippen molar-refractivity contribution in [2.24, 2.45) is 0 Å². The number of thiophene rings is 1. The molecule has 0 atom stereocenters. The molecule has 25 heavy (non-hydrogen) atoms. The van der Waals surface area contributed by atoms with Crippen LogP contribution in [0.2, 0.25) is 0 Å². The number of nitrogens with one attached hydrogen (secondary N) is 1. The standard InChI is InChI=1S/C16H14F3NO3S2/c17-16(18,19)11-3-1-10(2-4-11)9-20-15(21)13-7-8-14(24-13)25(22,23)12-5-6-12/h1-4,7-8,12H,5-6,9H2,(H,20,21). The lowest BCUT2D eigenvalue weighted by atomic mass is 10.1. The van der Waals surface area contributed by atoms with Gasteiger partial charge in [0.15, 0.2) is 9.84 Å². The molecule has 1 aromatic carbocycles. The summed E-state index contributed by atoms with van der Waals surface area (Å²) in [7, 11) is -3.33. The van der Waals surface area contributed by atoms with Gasteiger partial charge in [-0.2, -0.15) is 13.2 Å². The molecule has 0 spiro atoms. The minimum absolute atomic E-state index is 0.0551. The van der Waals surface area contributed by atoms with Crippen LogP contribution < -0.4 is 5.32 Å². The van der Waals surface area contributed by atoms with Gasteiger partial charge in [0, 0.05) is 6.54 Å². The highest BCUT2D eigenvalue weighted by atomic mass is 32.2. The lowest BCUT2D eigenvalue weighted by Gasteiger charge is -2.08. The van der Waals surface area contributed by atoms with Gasteiger partial charge in [-0.25, -0.2) is 8.42 Å². The largest absolute Gasteiger partial charge is 0.416 e. The van der Waals surface area contributed by atoms with Crippen LogP contribution in [0.15, 0.2) is 40.6 Å². The summed E-state index contributed by atoms with van der Waals surface area (Å²) in [4.78, 5) is 12.4. The van der Waals surface area contributed by atoms with E-state index in [4.69, 9.17) is 0 Å². The summed E-state index contributed by atoms with van der Waals surface area (Å²) in [5, 5.41) is 2.24. The molecular formula is C16H14F3NO3S2. The second-order valence-electron chi connectivity index (χ2n) is 5.74. The van der Waals surface area contributed by atoms with Crippen molar-refractivity contribution in [3.05, 3.63) is 52.4 Å². The first-order valence-corrected chi connectivity index (χ1v) is 9.82. The lowest BCUT2D eigenvalue weighted by molar-refractivity contribution is -0.137. The van der Waals surface area contributed by atoms with Gasteiger partial charge in [0.1, 0.15) is 4.21 Å². The van der Waals surface area contributed by atoms with Crippen molar-refractivity contribution in [2.75, 3.05) is 0 Å². The molecule has 0 saturated heterocycles. The van der Waals surface area contributed by atoms with E-state index in [0.717, 1.165) is 23.5 Å². The zero-order chi connectivity index (χ0) is 18.2. The molecule has 1 aliphatic rings. The molecule has 0 bridgehead atoms. The summed E-state index contributed by atoms with van der Waals surface area (Å²) in [6.45, 7) is 0.0551. The number of benzene rings is 1. The van der Waals surface area contributed by atoms with E-state index in [0.29, 0.717) is 18.4 Å². The molecule has 9 heteroatoms. The highest BCUT2D eigenvalue weighted by Gasteiger charge is 2.38. The lowest BCUT2D eigenvalue weighted by Crippen LogP contribution is -2.21. The Morgan fingerprint density at radius 1 is 1.12 bits per heavy atom. The van der Waals surface area contributed by atoms with Gasteiger partial charge in [0.2, 0.25) is 0 Å². The normalized spacial score (nSPS) is 15.2. The van der Waals surface area contributed by atoms with Gasteiger partial charge in [-0.1, -0.05) is 12.1 Å². The SMILES string of the molecule is O=C(NCc1ccc(C(F)(F)F)cc1)c1ccc(S(=O)(=O)C2CC2)s1. The Morgan fingerprint density at radius 2 is 1.76 bits per heavy atom. The van der Waals surface area contributed by atoms with Gasteiger partial charge in [-0.05, 0) is 42.7 Å². The second kappa shape index (κ2) is 6.45. The molecule has 0 unspecified atom stereocenters. The molecule has 1 aromatic heterocycles. The van der Waals surface area contributed by atoms with Crippen molar-refractivity contribution in [3.8, 4) is 0 Å². The van der Waals surface area contributed by atoms with Crippen molar-refractivity contribution in [3.63, 3.8) is 0 Å². The maximum Gasteiger partial charge on any atom is 0.416 e. The van der Waals surface area contributed by atoms with E-state index in [1.165, 1.54) is 24.3 Å². The van der Waals surface area contributed by atoms with Crippen LogP contribution in [0.1, 0.15) is 33.6 Å². The molecular weight excluding hydrogens is 375 g/mol. The van der Waals surface area contributed by atoms with E-state index in [2.05, 4.69) is 5.32 Å². The summed E-state index contributed by atoms with van der Waals surface area (Å²) < 4.78 is 61.9. The topological polar surface area (TPSA) is 63.2 Å². The van der Waals surface area contributed by atoms with Crippen LogP contribution in [0, 0.1) is 0 Å². The molecule has 0 aliphatic heterocycles. The fourth-order valence-corrected chi connectivity index (χ4v) is 5.36. The number of carbonyl (C=O) groups is 1. The van der Waals surface area contributed by atoms with Crippen molar-refractivity contribution >= 4 is 27.1 Å². The minimum atomic E-state index is -4.40. The molecule has 1 heterocycles. The van der Waals surface area contributed by atoms with Crippen LogP contribution in [0.5, 0.6) is 0 Å². The van der Waals surface area contributed by atoms with E-state index in [1.807, 2.05) is 0 Å². The number of rotatable bonds is 5. The Kier molecular flexibility index (Phi) is 4.63. The molecule has 4 nitrogen and oxygen atoms in total. The average Bonchev–Trinajstić information content (AvgIpc) is 3.30. The number of hydrogen-bond acceptors (Lipinski definition) is 4. The smallest absolute Gasteiger partial charge is 0.347 e. The van der Waals surface area contributed by atoms with E-state index in [9.17, 15) is 26.4 Å². The maximum absolute atomic E-state index is 12.5. The Labute approximate surface area is 146 Å². The van der Waals surface area contributed by atoms with Crippen LogP contribution in [-0.4, -0.2) is 19.6 Å². The molecule has 134 valence electrons. The molecule has 1 amide bonds. The third kappa shape index (κ3) is 4.04. The third-order valence-corrected chi connectivity index (χ3v) is 7.65. The zero-order valence-electron chi connectivity index (χ0n) is 12.8. The summed E-state index contributed by atoms with van der Waals surface area (Å²) >= 11 is 0.908. The number of halogens is 3. The third-order valence-electron chi connectivity index (χ3n) is 3.78. The van der Waals surface area contributed by atoms with E-state index in [-0.39, 0.29) is 20.9 Å². The van der Waals surface area contributed by atoms with Crippen LogP contribution in [0.25, 0.3) is 0 Å². The Morgan fingerprint density at radius 3 is 2.32 bits per heavy atom. The highest BCUT2D eigenvalue weighted by molar-refractivity contribution is 7.94. The zero-order valence-corrected chi connectivity index (χ0v) is 14.5. The first-order valence-electron chi connectivity index (χ1n) is 7.46. The van der Waals surface area contributed by atoms with Gasteiger partial charge < -0.3 is 5.32 Å². The van der Waals surface area contributed by atoms with Crippen LogP contribution in [-0.2, 0) is 22.6 Å². The number of sulfone groups is 1. The van der Waals surface area contributed by atoms with Gasteiger partial charge in [-0.3, -0.25) is 4.79 Å². The fourth-order valence-electron chi connectivity index (χ4n) is 2.22. The van der Waals surface area contributed by atoms with Crippen LogP contribution >= 0.6 is 11.3 Å². The predicted molar refractivity (Wildman–Crippen MR) is 87.1 cm³/mol. The van der Waals surface area contributed by atoms with Gasteiger partial charge in [-0.15, -0.1) is 11.3 Å². The van der Waals surface area contributed by atoms with Gasteiger partial charge >= 0.3 is 6.18 Å². The summed E-state index contributed by atoms with van der Waals surface area (Å²) in [6.07, 6.45) is -3.10. The molecule has 2 aromatic rings. The Hall–Kier alpha value is -1.87. The van der Waals surface area contributed by atoms with Crippen LogP contribution in [0.4, 0.5) is 13.2 Å². The summed E-state index contributed by atoms with van der Waals surface area (Å²) in [6, 6.07) is 7.36. The number of amides is 1. The molecule has 3 rings (SSSR count). The van der Waals surface area contributed by atoms with Crippen molar-refractivity contribution in [1.29, 1.82) is 0 Å². The Balaban J connectivity index is 1.62. The first kappa shape index (κ1) is 17.9. The molecule has 0 radical (unpaired) electrons. The van der Waals surface area contributed by atoms with Crippen molar-refractivity contribution < 1.29 is 26.4 Å². The maximum atomic E-state index is 12.5. The number of carbonyl (C=O) groups excluding carboxylic acids is 1. The molecule has 1 aliphatic carbocycles. The van der Waals surface area contributed by atoms with E-state index >= 15 is 0 Å². The van der Waals surface area contributed by atoms with E-state index < -0.39 is 27.5 Å². The average molecular weight is 389 g/mol.